The zero-order valence-corrected chi connectivity index (χ0v) is 9.29. The van der Waals surface area contributed by atoms with Gasteiger partial charge in [0.1, 0.15) is 0 Å². The number of thiocarbonyl (C=S) groups is 1. The van der Waals surface area contributed by atoms with E-state index in [0.29, 0.717) is 19.0 Å². The van der Waals surface area contributed by atoms with Gasteiger partial charge in [-0.2, -0.15) is 0 Å². The lowest BCUT2D eigenvalue weighted by molar-refractivity contribution is 0.154. The molecule has 12 heavy (non-hydrogen) atoms. The average molecular weight is 211 g/mol. The second-order valence-electron chi connectivity index (χ2n) is 2.98. The molecule has 74 valence electrons. The van der Waals surface area contributed by atoms with Crippen LogP contribution in [0.2, 0.25) is 0 Å². The van der Waals surface area contributed by atoms with Crippen LogP contribution < -0.4 is 5.32 Å². The minimum atomic E-state index is -1.90. The molecule has 0 heterocycles. The van der Waals surface area contributed by atoms with Crippen molar-refractivity contribution < 1.29 is 8.95 Å². The third kappa shape index (κ3) is 10.0. The molecule has 0 aliphatic heterocycles. The van der Waals surface area contributed by atoms with E-state index in [0.717, 1.165) is 6.54 Å². The smallest absolute Gasteiger partial charge is 0.0639 e. The fourth-order valence-corrected chi connectivity index (χ4v) is 1.26. The Morgan fingerprint density at radius 2 is 2.17 bits per heavy atom. The lowest BCUT2D eigenvalue weighted by Crippen LogP contribution is -2.21. The molecule has 0 saturated heterocycles. The van der Waals surface area contributed by atoms with Crippen molar-refractivity contribution >= 4 is 27.6 Å². The number of ether oxygens (including phenoxy) is 1. The van der Waals surface area contributed by atoms with E-state index in [1.54, 1.807) is 12.5 Å². The molecule has 0 radical (unpaired) electrons. The molecule has 0 aromatic carbocycles. The van der Waals surface area contributed by atoms with Crippen molar-refractivity contribution in [3.05, 3.63) is 0 Å². The molecule has 0 aromatic rings. The van der Waals surface area contributed by atoms with Crippen molar-refractivity contribution in [1.82, 2.24) is 5.32 Å². The van der Waals surface area contributed by atoms with Gasteiger partial charge >= 0.3 is 0 Å². The quantitative estimate of drug-likeness (QED) is 0.348. The second-order valence-corrected chi connectivity index (χ2v) is 6.81. The minimum absolute atomic E-state index is 0.573. The van der Waals surface area contributed by atoms with Gasteiger partial charge in [-0.1, -0.05) is 12.2 Å². The minimum Gasteiger partial charge on any atom is -0.380 e. The summed E-state index contributed by atoms with van der Waals surface area (Å²) in [5, 5.41) is 2.84. The van der Waals surface area contributed by atoms with Gasteiger partial charge in [0, 0.05) is 12.3 Å². The van der Waals surface area contributed by atoms with Gasteiger partial charge in [-0.3, -0.25) is 4.21 Å². The van der Waals surface area contributed by atoms with Crippen LogP contribution in [0.4, 0.5) is 0 Å². The molecule has 0 aliphatic rings. The summed E-state index contributed by atoms with van der Waals surface area (Å²) in [6.07, 6.45) is 3.54. The molecule has 0 rings (SSSR count). The van der Waals surface area contributed by atoms with Crippen LogP contribution >= 0.6 is 12.2 Å². The van der Waals surface area contributed by atoms with Gasteiger partial charge in [-0.25, -0.2) is 0 Å². The largest absolute Gasteiger partial charge is 0.380 e. The number of hydrogen-bond donors (Lipinski definition) is 2. The van der Waals surface area contributed by atoms with Crippen LogP contribution in [0.25, 0.3) is 0 Å². The molecular weight excluding hydrogens is 194 g/mol. The molecular formula is C7H17NO2S2. The maximum Gasteiger partial charge on any atom is 0.0639 e. The first-order valence-corrected chi connectivity index (χ1v) is 7.11. The normalized spacial score (nSPS) is 12.5. The zero-order chi connectivity index (χ0) is 9.45. The number of hydrogen-bond acceptors (Lipinski definition) is 3. The van der Waals surface area contributed by atoms with Gasteiger partial charge in [0.15, 0.2) is 0 Å². The van der Waals surface area contributed by atoms with Crippen molar-refractivity contribution in [2.75, 3.05) is 38.0 Å². The van der Waals surface area contributed by atoms with Crippen molar-refractivity contribution in [3.63, 3.8) is 0 Å². The molecule has 0 amide bonds. The maximum absolute atomic E-state index is 11.2. The van der Waals surface area contributed by atoms with Crippen LogP contribution in [-0.4, -0.2) is 47.7 Å². The first-order chi connectivity index (χ1) is 5.56. The fraction of sp³-hybridized carbons (Fsp3) is 0.857. The highest BCUT2D eigenvalue weighted by atomic mass is 32.2. The summed E-state index contributed by atoms with van der Waals surface area (Å²) in [6.45, 7) is 1.91. The fourth-order valence-electron chi connectivity index (χ4n) is 0.576. The van der Waals surface area contributed by atoms with Gasteiger partial charge in [0.05, 0.1) is 18.7 Å². The summed E-state index contributed by atoms with van der Waals surface area (Å²) in [4.78, 5) is 0. The lowest BCUT2D eigenvalue weighted by Gasteiger charge is -2.11. The molecule has 0 atom stereocenters. The standard InChI is InChI=1S/C7H17NO2S2/c1-12(2,9)6-5-10-4-3-8-7-11/h7,12H,3-6H2,1-2H3,(H,8,11). The molecule has 0 aromatic heterocycles. The van der Waals surface area contributed by atoms with E-state index in [1.807, 2.05) is 0 Å². The number of rotatable bonds is 7. The lowest BCUT2D eigenvalue weighted by atomic mass is 10.7. The molecule has 3 nitrogen and oxygen atoms in total. The molecule has 0 spiro atoms. The van der Waals surface area contributed by atoms with Crippen molar-refractivity contribution in [2.45, 2.75) is 0 Å². The summed E-state index contributed by atoms with van der Waals surface area (Å²) in [5.74, 6) is 0.657. The molecule has 5 heteroatoms. The first kappa shape index (κ1) is 12.0. The van der Waals surface area contributed by atoms with Gasteiger partial charge in [0.2, 0.25) is 0 Å². The Morgan fingerprint density at radius 1 is 1.50 bits per heavy atom. The molecule has 1 N–H and O–H groups in total. The van der Waals surface area contributed by atoms with Crippen molar-refractivity contribution in [1.29, 1.82) is 0 Å². The Balaban J connectivity index is 3.11. The summed E-state index contributed by atoms with van der Waals surface area (Å²) in [6, 6.07) is 0. The van der Waals surface area contributed by atoms with E-state index in [4.69, 9.17) is 4.74 Å². The molecule has 0 aliphatic carbocycles. The Bertz CT molecular complexity index is 167. The van der Waals surface area contributed by atoms with E-state index in [9.17, 15) is 4.21 Å². The van der Waals surface area contributed by atoms with Crippen LogP contribution in [0, 0.1) is 0 Å². The first-order valence-electron chi connectivity index (χ1n) is 3.85. The van der Waals surface area contributed by atoms with E-state index in [2.05, 4.69) is 17.5 Å². The van der Waals surface area contributed by atoms with Crippen LogP contribution in [0.15, 0.2) is 0 Å². The monoisotopic (exact) mass is 211 g/mol. The zero-order valence-electron chi connectivity index (χ0n) is 7.58. The molecule has 0 unspecified atom stereocenters. The highest BCUT2D eigenvalue weighted by molar-refractivity contribution is 8.01. The Labute approximate surface area is 80.3 Å². The molecule has 0 fully saturated rings. The van der Waals surface area contributed by atoms with Crippen molar-refractivity contribution in [3.8, 4) is 0 Å². The van der Waals surface area contributed by atoms with Gasteiger partial charge in [-0.15, -0.1) is 9.93 Å². The average Bonchev–Trinajstić information content (AvgIpc) is 1.94. The SMILES string of the molecule is C[SH](C)(=O)CCOCCNC=S. The topological polar surface area (TPSA) is 38.3 Å². The second kappa shape index (κ2) is 6.51. The summed E-state index contributed by atoms with van der Waals surface area (Å²) in [5.41, 5.74) is 1.47. The summed E-state index contributed by atoms with van der Waals surface area (Å²) < 4.78 is 16.4. The Morgan fingerprint density at radius 3 is 2.67 bits per heavy atom. The van der Waals surface area contributed by atoms with Gasteiger partial charge < -0.3 is 10.1 Å². The third-order valence-corrected chi connectivity index (χ3v) is 2.67. The van der Waals surface area contributed by atoms with Crippen molar-refractivity contribution in [2.24, 2.45) is 0 Å². The third-order valence-electron chi connectivity index (χ3n) is 1.25. The van der Waals surface area contributed by atoms with E-state index < -0.39 is 9.93 Å². The van der Waals surface area contributed by atoms with Crippen LogP contribution in [0.1, 0.15) is 0 Å². The summed E-state index contributed by atoms with van der Waals surface area (Å²) >= 11 is 4.55. The Kier molecular flexibility index (Phi) is 6.51. The predicted octanol–water partition coefficient (Wildman–Crippen LogP) is -0.174. The van der Waals surface area contributed by atoms with Gasteiger partial charge in [0.25, 0.3) is 0 Å². The molecule has 0 saturated carbocycles. The van der Waals surface area contributed by atoms with E-state index in [1.165, 1.54) is 5.49 Å². The van der Waals surface area contributed by atoms with Crippen LogP contribution in [-0.2, 0) is 14.7 Å². The van der Waals surface area contributed by atoms with E-state index in [-0.39, 0.29) is 0 Å². The van der Waals surface area contributed by atoms with Crippen LogP contribution in [0.5, 0.6) is 0 Å². The predicted molar refractivity (Wildman–Crippen MR) is 58.7 cm³/mol. The number of thiol groups is 1. The Hall–Kier alpha value is -0.0000000000000000555. The summed E-state index contributed by atoms with van der Waals surface area (Å²) in [7, 11) is -1.90. The van der Waals surface area contributed by atoms with Gasteiger partial charge in [-0.05, 0) is 12.5 Å². The van der Waals surface area contributed by atoms with E-state index >= 15 is 0 Å². The molecule has 0 bridgehead atoms. The highest BCUT2D eigenvalue weighted by Crippen LogP contribution is 1.91. The highest BCUT2D eigenvalue weighted by Gasteiger charge is 1.98. The maximum atomic E-state index is 11.2. The number of nitrogens with one attached hydrogen (secondary N) is 1. The van der Waals surface area contributed by atoms with Crippen LogP contribution in [0.3, 0.4) is 0 Å².